The van der Waals surface area contributed by atoms with E-state index in [9.17, 15) is 13.2 Å². The lowest BCUT2D eigenvalue weighted by Gasteiger charge is -2.04. The Morgan fingerprint density at radius 3 is 2.84 bits per heavy atom. The maximum Gasteiger partial charge on any atom is 0.318 e. The zero-order valence-corrected chi connectivity index (χ0v) is 15.9. The predicted molar refractivity (Wildman–Crippen MR) is 97.7 cm³/mol. The second-order valence-corrected chi connectivity index (χ2v) is 9.23. The highest BCUT2D eigenvalue weighted by molar-refractivity contribution is 7.98. The molecule has 0 aliphatic heterocycles. The molecule has 0 N–H and O–H groups in total. The van der Waals surface area contributed by atoms with Crippen molar-refractivity contribution in [3.05, 3.63) is 41.0 Å². The fourth-order valence-corrected chi connectivity index (χ4v) is 4.42. The van der Waals surface area contributed by atoms with E-state index >= 15 is 0 Å². The fraction of sp³-hybridized carbons (Fsp3) is 0.267. The van der Waals surface area contributed by atoms with Crippen molar-refractivity contribution in [2.45, 2.75) is 11.4 Å². The van der Waals surface area contributed by atoms with Crippen LogP contribution in [0.2, 0.25) is 0 Å². The van der Waals surface area contributed by atoms with Crippen LogP contribution in [0.15, 0.2) is 44.9 Å². The van der Waals surface area contributed by atoms with Crippen molar-refractivity contribution in [1.82, 2.24) is 9.72 Å². The summed E-state index contributed by atoms with van der Waals surface area (Å²) in [5, 5.41) is 3.51. The van der Waals surface area contributed by atoms with Gasteiger partial charge in [-0.25, -0.2) is 8.42 Å². The average molecular weight is 398 g/mol. The average Bonchev–Trinajstić information content (AvgIpc) is 3.19. The highest BCUT2D eigenvalue weighted by Crippen LogP contribution is 2.22. The van der Waals surface area contributed by atoms with E-state index in [4.69, 9.17) is 4.52 Å². The van der Waals surface area contributed by atoms with Gasteiger partial charge in [0.05, 0.1) is 21.3 Å². The molecule has 0 atom stereocenters. The van der Waals surface area contributed by atoms with Crippen LogP contribution in [0.5, 0.6) is 0 Å². The highest BCUT2D eigenvalue weighted by atomic mass is 32.2. The van der Waals surface area contributed by atoms with E-state index in [0.29, 0.717) is 11.3 Å². The Morgan fingerprint density at radius 2 is 2.20 bits per heavy atom. The normalized spacial score (nSPS) is 12.8. The number of benzene rings is 1. The zero-order valence-electron chi connectivity index (χ0n) is 13.5. The molecule has 1 aromatic carbocycles. The SMILES string of the molecule is CSCCn1c(=NC(=O)c2ccno2)sc2cc(S(C)(=O)=O)ccc21. The first-order chi connectivity index (χ1) is 11.9. The minimum atomic E-state index is -3.30. The van der Waals surface area contributed by atoms with Crippen molar-refractivity contribution in [3.63, 3.8) is 0 Å². The number of fused-ring (bicyclic) bond motifs is 1. The lowest BCUT2D eigenvalue weighted by molar-refractivity contribution is 0.0962. The molecule has 0 aliphatic carbocycles. The highest BCUT2D eigenvalue weighted by Gasteiger charge is 2.14. The van der Waals surface area contributed by atoms with E-state index in [0.717, 1.165) is 16.0 Å². The topological polar surface area (TPSA) is 94.5 Å². The Bertz CT molecular complexity index is 1080. The monoisotopic (exact) mass is 397 g/mol. The van der Waals surface area contributed by atoms with Gasteiger partial charge >= 0.3 is 5.91 Å². The van der Waals surface area contributed by atoms with Crippen LogP contribution in [0, 0.1) is 0 Å². The van der Waals surface area contributed by atoms with E-state index in [1.807, 2.05) is 10.8 Å². The van der Waals surface area contributed by atoms with Crippen molar-refractivity contribution in [3.8, 4) is 0 Å². The molecule has 132 valence electrons. The molecule has 0 bridgehead atoms. The van der Waals surface area contributed by atoms with Gasteiger partial charge in [-0.15, -0.1) is 0 Å². The van der Waals surface area contributed by atoms with Crippen LogP contribution >= 0.6 is 23.1 Å². The van der Waals surface area contributed by atoms with Gasteiger partial charge in [-0.05, 0) is 24.5 Å². The molecular weight excluding hydrogens is 382 g/mol. The number of aromatic nitrogens is 2. The van der Waals surface area contributed by atoms with Gasteiger partial charge in [0.1, 0.15) is 0 Å². The smallest absolute Gasteiger partial charge is 0.318 e. The number of thioether (sulfide) groups is 1. The minimum absolute atomic E-state index is 0.0608. The minimum Gasteiger partial charge on any atom is -0.351 e. The quantitative estimate of drug-likeness (QED) is 0.655. The Morgan fingerprint density at radius 1 is 1.40 bits per heavy atom. The first-order valence-corrected chi connectivity index (χ1v) is 11.3. The van der Waals surface area contributed by atoms with Crippen molar-refractivity contribution >= 4 is 49.1 Å². The third-order valence-corrected chi connectivity index (χ3v) is 6.19. The van der Waals surface area contributed by atoms with Crippen LogP contribution in [0.1, 0.15) is 10.6 Å². The molecule has 1 amide bonds. The molecule has 3 aromatic rings. The Labute approximate surface area is 152 Å². The summed E-state index contributed by atoms with van der Waals surface area (Å²) in [4.78, 5) is 17.1. The molecule has 10 heteroatoms. The number of sulfone groups is 1. The molecule has 0 saturated heterocycles. The number of amides is 1. The molecule has 0 unspecified atom stereocenters. The van der Waals surface area contributed by atoms with Gasteiger partial charge in [-0.1, -0.05) is 16.5 Å². The van der Waals surface area contributed by atoms with Gasteiger partial charge in [0, 0.05) is 24.6 Å². The zero-order chi connectivity index (χ0) is 18.0. The molecule has 0 radical (unpaired) electrons. The van der Waals surface area contributed by atoms with Gasteiger partial charge in [0.2, 0.25) is 5.76 Å². The van der Waals surface area contributed by atoms with Crippen molar-refractivity contribution in [2.24, 2.45) is 4.99 Å². The van der Waals surface area contributed by atoms with Crippen LogP contribution in [-0.2, 0) is 16.4 Å². The molecular formula is C15H15N3O4S3. The number of aryl methyl sites for hydroxylation is 1. The number of hydrogen-bond donors (Lipinski definition) is 0. The second-order valence-electron chi connectivity index (χ2n) is 5.22. The Kier molecular flexibility index (Phi) is 5.11. The predicted octanol–water partition coefficient (Wildman–Crippen LogP) is 2.20. The number of hydrogen-bond acceptors (Lipinski definition) is 7. The largest absolute Gasteiger partial charge is 0.351 e. The molecule has 2 heterocycles. The van der Waals surface area contributed by atoms with Gasteiger partial charge in [-0.2, -0.15) is 16.8 Å². The Balaban J connectivity index is 2.17. The number of carbonyl (C=O) groups excluding carboxylic acids is 1. The molecule has 0 aliphatic rings. The van der Waals surface area contributed by atoms with Crippen LogP contribution in [0.4, 0.5) is 0 Å². The van der Waals surface area contributed by atoms with E-state index in [2.05, 4.69) is 10.1 Å². The lowest BCUT2D eigenvalue weighted by Crippen LogP contribution is -2.18. The summed E-state index contributed by atoms with van der Waals surface area (Å²) in [6, 6.07) is 6.39. The molecule has 25 heavy (non-hydrogen) atoms. The van der Waals surface area contributed by atoms with Crippen LogP contribution < -0.4 is 4.80 Å². The number of thiazole rings is 1. The van der Waals surface area contributed by atoms with Crippen molar-refractivity contribution < 1.29 is 17.7 Å². The Hall–Kier alpha value is -1.91. The van der Waals surface area contributed by atoms with Crippen LogP contribution in [0.25, 0.3) is 10.2 Å². The van der Waals surface area contributed by atoms with E-state index in [1.54, 1.807) is 30.0 Å². The molecule has 0 saturated carbocycles. The lowest BCUT2D eigenvalue weighted by atomic mass is 10.3. The molecule has 2 aromatic heterocycles. The van der Waals surface area contributed by atoms with Crippen LogP contribution in [0.3, 0.4) is 0 Å². The molecule has 0 fully saturated rings. The maximum absolute atomic E-state index is 12.2. The van der Waals surface area contributed by atoms with Crippen molar-refractivity contribution in [1.29, 1.82) is 0 Å². The summed E-state index contributed by atoms with van der Waals surface area (Å²) in [6.07, 6.45) is 4.55. The first-order valence-electron chi connectivity index (χ1n) is 7.22. The number of carbonyl (C=O) groups is 1. The summed E-state index contributed by atoms with van der Waals surface area (Å²) >= 11 is 2.94. The van der Waals surface area contributed by atoms with Crippen LogP contribution in [-0.4, -0.2) is 42.3 Å². The summed E-state index contributed by atoms with van der Waals surface area (Å²) in [5.41, 5.74) is 0.843. The number of rotatable bonds is 5. The van der Waals surface area contributed by atoms with Crippen molar-refractivity contribution in [2.75, 3.05) is 18.3 Å². The van der Waals surface area contributed by atoms with Gasteiger partial charge < -0.3 is 9.09 Å². The second kappa shape index (κ2) is 7.14. The maximum atomic E-state index is 12.2. The van der Waals surface area contributed by atoms with Gasteiger partial charge in [-0.3, -0.25) is 4.79 Å². The summed E-state index contributed by atoms with van der Waals surface area (Å²) < 4.78 is 31.1. The summed E-state index contributed by atoms with van der Waals surface area (Å²) in [7, 11) is -3.30. The fourth-order valence-electron chi connectivity index (χ4n) is 2.24. The van der Waals surface area contributed by atoms with E-state index in [1.165, 1.54) is 29.9 Å². The van der Waals surface area contributed by atoms with E-state index < -0.39 is 15.7 Å². The first kappa shape index (κ1) is 17.9. The van der Waals surface area contributed by atoms with Gasteiger partial charge in [0.25, 0.3) is 0 Å². The summed E-state index contributed by atoms with van der Waals surface area (Å²) in [5.74, 6) is 0.375. The standard InChI is InChI=1S/C15H15N3O4S3/c1-23-8-7-18-11-4-3-10(25(2,20)21)9-13(11)24-15(18)17-14(19)12-5-6-16-22-12/h3-6,9H,7-8H2,1-2H3. The number of nitrogens with zero attached hydrogens (tertiary/aromatic N) is 3. The van der Waals surface area contributed by atoms with Gasteiger partial charge in [0.15, 0.2) is 14.6 Å². The molecule has 7 nitrogen and oxygen atoms in total. The third-order valence-electron chi connectivity index (χ3n) is 3.45. The molecule has 3 rings (SSSR count). The third kappa shape index (κ3) is 3.86. The summed E-state index contributed by atoms with van der Waals surface area (Å²) in [6.45, 7) is 0.655. The van der Waals surface area contributed by atoms with E-state index in [-0.39, 0.29) is 10.7 Å². The molecule has 0 spiro atoms.